The number of pyridine rings is 1. The summed E-state index contributed by atoms with van der Waals surface area (Å²) in [6, 6.07) is 9.90. The molecule has 3 nitrogen and oxygen atoms in total. The zero-order valence-electron chi connectivity index (χ0n) is 10.2. The molecule has 0 bridgehead atoms. The molecule has 1 aromatic carbocycles. The van der Waals surface area contributed by atoms with E-state index in [4.69, 9.17) is 5.11 Å². The van der Waals surface area contributed by atoms with E-state index in [1.54, 1.807) is 6.20 Å². The molecule has 2 rings (SSSR count). The van der Waals surface area contributed by atoms with E-state index < -0.39 is 0 Å². The van der Waals surface area contributed by atoms with Crippen LogP contribution < -0.4 is 5.32 Å². The van der Waals surface area contributed by atoms with Gasteiger partial charge in [0.25, 0.3) is 0 Å². The van der Waals surface area contributed by atoms with Gasteiger partial charge in [-0.15, -0.1) is 0 Å². The second-order valence-electron chi connectivity index (χ2n) is 4.15. The molecule has 0 aliphatic heterocycles. The summed E-state index contributed by atoms with van der Waals surface area (Å²) >= 11 is 3.39. The summed E-state index contributed by atoms with van der Waals surface area (Å²) in [5, 5.41) is 12.3. The smallest absolute Gasteiger partial charge is 0.129 e. The Morgan fingerprint density at radius 2 is 1.89 bits per heavy atom. The monoisotopic (exact) mass is 306 g/mol. The maximum absolute atomic E-state index is 8.97. The van der Waals surface area contributed by atoms with Gasteiger partial charge in [-0.2, -0.15) is 0 Å². The lowest BCUT2D eigenvalue weighted by atomic mass is 10.1. The quantitative estimate of drug-likeness (QED) is 0.911. The summed E-state index contributed by atoms with van der Waals surface area (Å²) in [7, 11) is 0. The fourth-order valence-electron chi connectivity index (χ4n) is 1.67. The molecule has 2 N–H and O–H groups in total. The number of hydrogen-bond donors (Lipinski definition) is 2. The Morgan fingerprint density at radius 1 is 1.22 bits per heavy atom. The number of nitrogens with zero attached hydrogens (tertiary/aromatic N) is 1. The number of nitrogens with one attached hydrogen (secondary N) is 1. The first-order valence-corrected chi connectivity index (χ1v) is 6.53. The Hall–Kier alpha value is -1.39. The number of aliphatic hydroxyl groups excluding tert-OH is 1. The number of halogens is 1. The molecule has 94 valence electrons. The molecule has 0 saturated carbocycles. The molecular formula is C14H15BrN2O. The van der Waals surface area contributed by atoms with E-state index in [1.807, 2.05) is 37.3 Å². The normalized spacial score (nSPS) is 10.4. The van der Waals surface area contributed by atoms with Crippen molar-refractivity contribution < 1.29 is 5.11 Å². The first-order chi connectivity index (χ1) is 8.69. The van der Waals surface area contributed by atoms with Gasteiger partial charge >= 0.3 is 0 Å². The minimum absolute atomic E-state index is 0.0844. The highest BCUT2D eigenvalue weighted by Crippen LogP contribution is 2.17. The Morgan fingerprint density at radius 3 is 2.50 bits per heavy atom. The van der Waals surface area contributed by atoms with Crippen LogP contribution in [0.1, 0.15) is 16.7 Å². The molecule has 0 aliphatic carbocycles. The molecule has 0 spiro atoms. The van der Waals surface area contributed by atoms with Crippen LogP contribution in [0.4, 0.5) is 5.82 Å². The zero-order valence-corrected chi connectivity index (χ0v) is 11.7. The van der Waals surface area contributed by atoms with Crippen molar-refractivity contribution in [1.29, 1.82) is 0 Å². The van der Waals surface area contributed by atoms with Crippen molar-refractivity contribution in [3.63, 3.8) is 0 Å². The number of rotatable bonds is 4. The average molecular weight is 307 g/mol. The van der Waals surface area contributed by atoms with Crippen LogP contribution in [-0.4, -0.2) is 10.1 Å². The van der Waals surface area contributed by atoms with Crippen LogP contribution in [0.15, 0.2) is 41.0 Å². The molecule has 0 fully saturated rings. The van der Waals surface area contributed by atoms with Crippen LogP contribution in [0.3, 0.4) is 0 Å². The lowest BCUT2D eigenvalue weighted by Gasteiger charge is -2.09. The number of anilines is 1. The van der Waals surface area contributed by atoms with E-state index in [2.05, 4.69) is 26.2 Å². The predicted molar refractivity (Wildman–Crippen MR) is 76.4 cm³/mol. The molecule has 0 amide bonds. The standard InChI is InChI=1S/C14H15BrN2O/c1-10-6-13(15)8-17-14(10)16-7-11-2-4-12(9-18)5-3-11/h2-6,8,18H,7,9H2,1H3,(H,16,17). The van der Waals surface area contributed by atoms with Gasteiger partial charge in [0.1, 0.15) is 5.82 Å². The molecule has 0 radical (unpaired) electrons. The van der Waals surface area contributed by atoms with Crippen molar-refractivity contribution >= 4 is 21.7 Å². The predicted octanol–water partition coefficient (Wildman–Crippen LogP) is 3.26. The fraction of sp³-hybridized carbons (Fsp3) is 0.214. The summed E-state index contributed by atoms with van der Waals surface area (Å²) in [5.41, 5.74) is 3.20. The lowest BCUT2D eigenvalue weighted by Crippen LogP contribution is -2.03. The molecule has 18 heavy (non-hydrogen) atoms. The highest BCUT2D eigenvalue weighted by Gasteiger charge is 2.00. The molecular weight excluding hydrogens is 292 g/mol. The van der Waals surface area contributed by atoms with Crippen LogP contribution in [0.5, 0.6) is 0 Å². The molecule has 0 unspecified atom stereocenters. The lowest BCUT2D eigenvalue weighted by molar-refractivity contribution is 0.282. The Kier molecular flexibility index (Phi) is 4.33. The number of benzene rings is 1. The van der Waals surface area contributed by atoms with Crippen molar-refractivity contribution in [3.05, 3.63) is 57.7 Å². The van der Waals surface area contributed by atoms with Gasteiger partial charge in [-0.3, -0.25) is 0 Å². The molecule has 0 atom stereocenters. The average Bonchev–Trinajstić information content (AvgIpc) is 2.38. The molecule has 0 saturated heterocycles. The number of hydrogen-bond acceptors (Lipinski definition) is 3. The summed E-state index contributed by atoms with van der Waals surface area (Å²) in [6.07, 6.45) is 1.78. The highest BCUT2D eigenvalue weighted by molar-refractivity contribution is 9.10. The van der Waals surface area contributed by atoms with Crippen LogP contribution >= 0.6 is 15.9 Å². The van der Waals surface area contributed by atoms with Crippen molar-refractivity contribution in [1.82, 2.24) is 4.98 Å². The van der Waals surface area contributed by atoms with Crippen molar-refractivity contribution in [2.75, 3.05) is 5.32 Å². The first kappa shape index (κ1) is 13.1. The third kappa shape index (κ3) is 3.31. The number of aryl methyl sites for hydroxylation is 1. The van der Waals surface area contributed by atoms with Crippen molar-refractivity contribution in [2.45, 2.75) is 20.1 Å². The van der Waals surface area contributed by atoms with Crippen molar-refractivity contribution in [3.8, 4) is 0 Å². The molecule has 4 heteroatoms. The highest BCUT2D eigenvalue weighted by atomic mass is 79.9. The summed E-state index contributed by atoms with van der Waals surface area (Å²) in [5.74, 6) is 0.893. The SMILES string of the molecule is Cc1cc(Br)cnc1NCc1ccc(CO)cc1. The summed E-state index contributed by atoms with van der Waals surface area (Å²) < 4.78 is 0.984. The minimum Gasteiger partial charge on any atom is -0.392 e. The van der Waals surface area contributed by atoms with E-state index in [1.165, 1.54) is 0 Å². The topological polar surface area (TPSA) is 45.2 Å². The van der Waals surface area contributed by atoms with Crippen LogP contribution in [0.2, 0.25) is 0 Å². The van der Waals surface area contributed by atoms with E-state index in [-0.39, 0.29) is 6.61 Å². The largest absolute Gasteiger partial charge is 0.392 e. The van der Waals surface area contributed by atoms with Gasteiger partial charge in [0.05, 0.1) is 6.61 Å². The second kappa shape index (κ2) is 5.98. The second-order valence-corrected chi connectivity index (χ2v) is 5.06. The Labute approximate surface area is 115 Å². The molecule has 1 aromatic heterocycles. The third-order valence-electron chi connectivity index (χ3n) is 2.71. The van der Waals surface area contributed by atoms with Gasteiger partial charge in [-0.25, -0.2) is 4.98 Å². The molecule has 1 heterocycles. The van der Waals surface area contributed by atoms with Crippen LogP contribution in [-0.2, 0) is 13.2 Å². The summed E-state index contributed by atoms with van der Waals surface area (Å²) in [6.45, 7) is 2.83. The van der Waals surface area contributed by atoms with Gasteiger partial charge in [0.15, 0.2) is 0 Å². The summed E-state index contributed by atoms with van der Waals surface area (Å²) in [4.78, 5) is 4.33. The van der Waals surface area contributed by atoms with Crippen LogP contribution in [0, 0.1) is 6.92 Å². The van der Waals surface area contributed by atoms with E-state index >= 15 is 0 Å². The van der Waals surface area contributed by atoms with Gasteiger partial charge in [-0.05, 0) is 45.6 Å². The van der Waals surface area contributed by atoms with Crippen molar-refractivity contribution in [2.24, 2.45) is 0 Å². The van der Waals surface area contributed by atoms with Gasteiger partial charge in [0, 0.05) is 17.2 Å². The number of aromatic nitrogens is 1. The minimum atomic E-state index is 0.0844. The fourth-order valence-corrected chi connectivity index (χ4v) is 2.12. The van der Waals surface area contributed by atoms with Gasteiger partial charge in [-0.1, -0.05) is 24.3 Å². The third-order valence-corrected chi connectivity index (χ3v) is 3.14. The van der Waals surface area contributed by atoms with E-state index in [0.717, 1.165) is 33.5 Å². The van der Waals surface area contributed by atoms with E-state index in [0.29, 0.717) is 0 Å². The maximum Gasteiger partial charge on any atom is 0.129 e. The molecule has 2 aromatic rings. The first-order valence-electron chi connectivity index (χ1n) is 5.74. The number of aliphatic hydroxyl groups is 1. The Balaban J connectivity index is 2.02. The van der Waals surface area contributed by atoms with Crippen LogP contribution in [0.25, 0.3) is 0 Å². The van der Waals surface area contributed by atoms with E-state index in [9.17, 15) is 0 Å². The van der Waals surface area contributed by atoms with Gasteiger partial charge in [0.2, 0.25) is 0 Å². The zero-order chi connectivity index (χ0) is 13.0. The van der Waals surface area contributed by atoms with Gasteiger partial charge < -0.3 is 10.4 Å². The maximum atomic E-state index is 8.97. The molecule has 0 aliphatic rings. The Bertz CT molecular complexity index is 526.